The maximum Gasteiger partial charge on any atom is 0.226 e. The molecule has 2 atom stereocenters. The number of terminal acetylenes is 2. The van der Waals surface area contributed by atoms with Crippen molar-refractivity contribution in [3.05, 3.63) is 0 Å². The van der Waals surface area contributed by atoms with Crippen LogP contribution in [0.5, 0.6) is 0 Å². The maximum atomic E-state index is 12.0. The molecule has 0 saturated carbocycles. The van der Waals surface area contributed by atoms with Crippen molar-refractivity contribution in [3.63, 3.8) is 0 Å². The molecule has 22 heavy (non-hydrogen) atoms. The molecule has 4 nitrogen and oxygen atoms in total. The second kappa shape index (κ2) is 9.90. The number of rotatable bonds is 11. The van der Waals surface area contributed by atoms with Crippen molar-refractivity contribution in [2.45, 2.75) is 58.8 Å². The zero-order valence-electron chi connectivity index (χ0n) is 13.7. The number of nitrogens with two attached hydrogens (primary N) is 2. The maximum absolute atomic E-state index is 12.0. The molecule has 4 N–H and O–H groups in total. The molecule has 0 aromatic rings. The van der Waals surface area contributed by atoms with Crippen molar-refractivity contribution in [2.24, 2.45) is 28.7 Å². The molecule has 0 aliphatic carbocycles. The van der Waals surface area contributed by atoms with E-state index in [-0.39, 0.29) is 17.7 Å². The molecule has 122 valence electrons. The molecule has 0 rings (SSSR count). The molecule has 0 bridgehead atoms. The number of unbranched alkanes of at least 4 members (excludes halogenated alkanes) is 4. The lowest BCUT2D eigenvalue weighted by Gasteiger charge is -2.37. The zero-order chi connectivity index (χ0) is 17.2. The Bertz CT molecular complexity index is 437. The minimum Gasteiger partial charge on any atom is -0.370 e. The van der Waals surface area contributed by atoms with Gasteiger partial charge >= 0.3 is 0 Å². The summed E-state index contributed by atoms with van der Waals surface area (Å²) in [6.07, 6.45) is 16.6. The van der Waals surface area contributed by atoms with Crippen LogP contribution in [0.3, 0.4) is 0 Å². The molecule has 0 heterocycles. The van der Waals surface area contributed by atoms with E-state index in [1.54, 1.807) is 0 Å². The van der Waals surface area contributed by atoms with E-state index in [4.69, 9.17) is 24.3 Å². The van der Waals surface area contributed by atoms with Crippen molar-refractivity contribution in [1.82, 2.24) is 0 Å². The van der Waals surface area contributed by atoms with Gasteiger partial charge in [0.1, 0.15) is 0 Å². The predicted octanol–water partition coefficient (Wildman–Crippen LogP) is 2.21. The fraction of sp³-hybridized carbons (Fsp3) is 0.667. The monoisotopic (exact) mass is 304 g/mol. The summed E-state index contributed by atoms with van der Waals surface area (Å²) in [4.78, 5) is 22.7. The number of primary amides is 2. The molecule has 0 radical (unpaired) electrons. The lowest BCUT2D eigenvalue weighted by Crippen LogP contribution is -2.46. The average Bonchev–Trinajstić information content (AvgIpc) is 2.48. The van der Waals surface area contributed by atoms with Gasteiger partial charge < -0.3 is 11.5 Å². The van der Waals surface area contributed by atoms with E-state index < -0.39 is 11.3 Å². The van der Waals surface area contributed by atoms with Gasteiger partial charge in [-0.15, -0.1) is 24.7 Å². The predicted molar refractivity (Wildman–Crippen MR) is 89.1 cm³/mol. The van der Waals surface area contributed by atoms with E-state index in [1.807, 2.05) is 13.8 Å². The fourth-order valence-electron chi connectivity index (χ4n) is 2.90. The largest absolute Gasteiger partial charge is 0.370 e. The fourth-order valence-corrected chi connectivity index (χ4v) is 2.90. The smallest absolute Gasteiger partial charge is 0.226 e. The number of hydrogen-bond acceptors (Lipinski definition) is 2. The van der Waals surface area contributed by atoms with Crippen LogP contribution in [0.4, 0.5) is 0 Å². The highest BCUT2D eigenvalue weighted by Crippen LogP contribution is 2.40. The first-order chi connectivity index (χ1) is 10.3. The third-order valence-electron chi connectivity index (χ3n) is 4.52. The van der Waals surface area contributed by atoms with Crippen LogP contribution in [0, 0.1) is 41.9 Å². The van der Waals surface area contributed by atoms with Gasteiger partial charge in [0.15, 0.2) is 0 Å². The topological polar surface area (TPSA) is 86.2 Å². The van der Waals surface area contributed by atoms with Crippen molar-refractivity contribution in [3.8, 4) is 24.7 Å². The van der Waals surface area contributed by atoms with Gasteiger partial charge in [-0.3, -0.25) is 9.59 Å². The average molecular weight is 304 g/mol. The van der Waals surface area contributed by atoms with Crippen LogP contribution in [-0.4, -0.2) is 11.8 Å². The molecule has 0 aliphatic rings. The molecular weight excluding hydrogens is 276 g/mol. The number of hydrogen-bond donors (Lipinski definition) is 2. The van der Waals surface area contributed by atoms with Crippen molar-refractivity contribution in [1.29, 1.82) is 0 Å². The SMILES string of the molecule is C#CC(C)C(CCCCCCCC(N)=O)(C(N)=O)C(C)C#C. The summed E-state index contributed by atoms with van der Waals surface area (Å²) in [6, 6.07) is 0. The van der Waals surface area contributed by atoms with E-state index in [2.05, 4.69) is 11.8 Å². The van der Waals surface area contributed by atoms with Crippen LogP contribution in [-0.2, 0) is 9.59 Å². The summed E-state index contributed by atoms with van der Waals surface area (Å²) in [5.41, 5.74) is 9.88. The number of carbonyl (C=O) groups is 2. The van der Waals surface area contributed by atoms with E-state index in [1.165, 1.54) is 0 Å². The summed E-state index contributed by atoms with van der Waals surface area (Å²) in [7, 11) is 0. The summed E-state index contributed by atoms with van der Waals surface area (Å²) >= 11 is 0. The summed E-state index contributed by atoms with van der Waals surface area (Å²) in [5.74, 6) is 3.97. The minimum atomic E-state index is -0.850. The minimum absolute atomic E-state index is 0.265. The van der Waals surface area contributed by atoms with Gasteiger partial charge in [0.25, 0.3) is 0 Å². The van der Waals surface area contributed by atoms with Gasteiger partial charge in [0.2, 0.25) is 11.8 Å². The lowest BCUT2D eigenvalue weighted by atomic mass is 9.64. The molecule has 0 aromatic carbocycles. The Morgan fingerprint density at radius 3 is 1.82 bits per heavy atom. The molecule has 0 saturated heterocycles. The third-order valence-corrected chi connectivity index (χ3v) is 4.52. The Kier molecular flexibility index (Phi) is 9.03. The van der Waals surface area contributed by atoms with Gasteiger partial charge in [-0.2, -0.15) is 0 Å². The standard InChI is InChI=1S/C18H28N2O2/c1-5-14(3)18(17(20)22,15(4)6-2)13-11-9-7-8-10-12-16(19)21/h1-2,14-15H,7-13H2,3-4H3,(H2,19,21)(H2,20,22). The Morgan fingerprint density at radius 1 is 0.955 bits per heavy atom. The van der Waals surface area contributed by atoms with E-state index in [9.17, 15) is 9.59 Å². The van der Waals surface area contributed by atoms with E-state index >= 15 is 0 Å². The quantitative estimate of drug-likeness (QED) is 0.453. The number of carbonyl (C=O) groups excluding carboxylic acids is 2. The van der Waals surface area contributed by atoms with Gasteiger partial charge in [-0.05, 0) is 12.8 Å². The molecule has 2 amide bonds. The zero-order valence-corrected chi connectivity index (χ0v) is 13.7. The highest BCUT2D eigenvalue weighted by Gasteiger charge is 2.45. The van der Waals surface area contributed by atoms with Crippen molar-refractivity contribution < 1.29 is 9.59 Å². The Morgan fingerprint density at radius 2 is 1.41 bits per heavy atom. The van der Waals surface area contributed by atoms with Crippen molar-refractivity contribution in [2.75, 3.05) is 0 Å². The molecule has 0 aliphatic heterocycles. The Labute approximate surface area is 134 Å². The van der Waals surface area contributed by atoms with E-state index in [0.29, 0.717) is 12.8 Å². The van der Waals surface area contributed by atoms with Gasteiger partial charge in [0, 0.05) is 18.3 Å². The third kappa shape index (κ3) is 5.45. The summed E-state index contributed by atoms with van der Waals surface area (Å²) in [6.45, 7) is 3.65. The van der Waals surface area contributed by atoms with Crippen LogP contribution < -0.4 is 11.5 Å². The Balaban J connectivity index is 4.56. The summed E-state index contributed by atoms with van der Waals surface area (Å²) < 4.78 is 0. The first-order valence-corrected chi connectivity index (χ1v) is 7.83. The van der Waals surface area contributed by atoms with E-state index in [0.717, 1.165) is 32.1 Å². The normalized spacial score (nSPS) is 15.8. The second-order valence-corrected chi connectivity index (χ2v) is 5.92. The molecular formula is C18H28N2O2. The van der Waals surface area contributed by atoms with Crippen LogP contribution in [0.25, 0.3) is 0 Å². The second-order valence-electron chi connectivity index (χ2n) is 5.92. The first kappa shape index (κ1) is 20.1. The Hall–Kier alpha value is -1.94. The number of amides is 2. The highest BCUT2D eigenvalue weighted by atomic mass is 16.1. The van der Waals surface area contributed by atoms with Gasteiger partial charge in [-0.1, -0.05) is 39.5 Å². The van der Waals surface area contributed by atoms with Crippen LogP contribution >= 0.6 is 0 Å². The first-order valence-electron chi connectivity index (χ1n) is 7.83. The van der Waals surface area contributed by atoms with Gasteiger partial charge in [-0.25, -0.2) is 0 Å². The van der Waals surface area contributed by atoms with Gasteiger partial charge in [0.05, 0.1) is 5.41 Å². The lowest BCUT2D eigenvalue weighted by molar-refractivity contribution is -0.132. The summed E-state index contributed by atoms with van der Waals surface area (Å²) in [5, 5.41) is 0. The molecule has 0 spiro atoms. The molecule has 4 heteroatoms. The molecule has 0 fully saturated rings. The molecule has 2 unspecified atom stereocenters. The highest BCUT2D eigenvalue weighted by molar-refractivity contribution is 5.82. The van der Waals surface area contributed by atoms with Crippen LogP contribution in [0.1, 0.15) is 58.8 Å². The molecule has 0 aromatic heterocycles. The van der Waals surface area contributed by atoms with Crippen LogP contribution in [0.15, 0.2) is 0 Å². The van der Waals surface area contributed by atoms with Crippen LogP contribution in [0.2, 0.25) is 0 Å². The van der Waals surface area contributed by atoms with Crippen molar-refractivity contribution >= 4 is 11.8 Å².